The van der Waals surface area contributed by atoms with Gasteiger partial charge in [0.2, 0.25) is 5.91 Å². The van der Waals surface area contributed by atoms with Crippen LogP contribution in [0, 0.1) is 0 Å². The molecule has 2 atom stereocenters. The molecule has 1 amide bonds. The number of piperazine rings is 1. The van der Waals surface area contributed by atoms with Crippen molar-refractivity contribution < 1.29 is 14.3 Å². The van der Waals surface area contributed by atoms with Crippen LogP contribution in [0.5, 0.6) is 0 Å². The van der Waals surface area contributed by atoms with Crippen LogP contribution in [0.4, 0.5) is 0 Å². The number of nitrogens with zero attached hydrogens (tertiary/aromatic N) is 2. The second-order valence-electron chi connectivity index (χ2n) is 6.49. The lowest BCUT2D eigenvalue weighted by molar-refractivity contribution is -0.148. The minimum atomic E-state index is -0.528. The first kappa shape index (κ1) is 20.7. The van der Waals surface area contributed by atoms with Gasteiger partial charge in [-0.3, -0.25) is 14.6 Å². The fourth-order valence-electron chi connectivity index (χ4n) is 3.23. The monoisotopic (exact) mass is 381 g/mol. The van der Waals surface area contributed by atoms with Gasteiger partial charge in [0.25, 0.3) is 0 Å². The van der Waals surface area contributed by atoms with E-state index in [0.29, 0.717) is 37.7 Å². The summed E-state index contributed by atoms with van der Waals surface area (Å²) < 4.78 is 5.01. The van der Waals surface area contributed by atoms with Gasteiger partial charge in [0, 0.05) is 37.7 Å². The number of ether oxygens (including phenoxy) is 1. The summed E-state index contributed by atoms with van der Waals surface area (Å²) in [5, 5.41) is 3.49. The second kappa shape index (κ2) is 9.90. The number of methoxy groups -OCH3 is 1. The molecular weight excluding hydrogens is 354 g/mol. The fraction of sp³-hybridized carbons (Fsp3) is 0.579. The number of esters is 1. The van der Waals surface area contributed by atoms with Crippen molar-refractivity contribution in [2.75, 3.05) is 39.8 Å². The highest BCUT2D eigenvalue weighted by Gasteiger charge is 2.34. The zero-order chi connectivity index (χ0) is 19.1. The first-order chi connectivity index (χ1) is 12.5. The standard InChI is InChI=1S/C19H28ClN3O3/c1-4-9-21-18(24)14(2)22-10-12-23(13-11-22)17(19(25)26-3)15-7-5-6-8-16(15)20/h5-8,14,17H,4,9-13H2,1-3H3,(H,21,24). The molecule has 0 radical (unpaired) electrons. The molecule has 0 aromatic heterocycles. The van der Waals surface area contributed by atoms with Crippen molar-refractivity contribution in [2.24, 2.45) is 0 Å². The van der Waals surface area contributed by atoms with Gasteiger partial charge in [0.1, 0.15) is 6.04 Å². The molecule has 1 fully saturated rings. The topological polar surface area (TPSA) is 61.9 Å². The Bertz CT molecular complexity index is 618. The van der Waals surface area contributed by atoms with Crippen LogP contribution >= 0.6 is 11.6 Å². The zero-order valence-electron chi connectivity index (χ0n) is 15.7. The Balaban J connectivity index is 2.05. The van der Waals surface area contributed by atoms with E-state index in [9.17, 15) is 9.59 Å². The van der Waals surface area contributed by atoms with Gasteiger partial charge in [0.05, 0.1) is 13.2 Å². The SMILES string of the molecule is CCCNC(=O)C(C)N1CCN(C(C(=O)OC)c2ccccc2Cl)CC1. The quantitative estimate of drug-likeness (QED) is 0.733. The molecule has 0 aliphatic carbocycles. The minimum absolute atomic E-state index is 0.0518. The number of halogens is 1. The van der Waals surface area contributed by atoms with Crippen LogP contribution in [0.3, 0.4) is 0 Å². The van der Waals surface area contributed by atoms with Crippen molar-refractivity contribution in [1.29, 1.82) is 0 Å². The zero-order valence-corrected chi connectivity index (χ0v) is 16.5. The molecule has 1 saturated heterocycles. The van der Waals surface area contributed by atoms with Crippen LogP contribution in [-0.4, -0.2) is 67.6 Å². The lowest BCUT2D eigenvalue weighted by Crippen LogP contribution is -2.55. The van der Waals surface area contributed by atoms with E-state index < -0.39 is 6.04 Å². The third-order valence-corrected chi connectivity index (χ3v) is 5.16. The maximum atomic E-state index is 12.4. The lowest BCUT2D eigenvalue weighted by Gasteiger charge is -2.40. The number of carbonyl (C=O) groups is 2. The summed E-state index contributed by atoms with van der Waals surface area (Å²) in [6.07, 6.45) is 0.922. The normalized spacial score (nSPS) is 18.2. The van der Waals surface area contributed by atoms with E-state index >= 15 is 0 Å². The Morgan fingerprint density at radius 2 is 1.81 bits per heavy atom. The van der Waals surface area contributed by atoms with E-state index in [1.54, 1.807) is 6.07 Å². The summed E-state index contributed by atoms with van der Waals surface area (Å²) in [4.78, 5) is 28.8. The number of benzene rings is 1. The van der Waals surface area contributed by atoms with E-state index in [-0.39, 0.29) is 17.9 Å². The predicted octanol–water partition coefficient (Wildman–Crippen LogP) is 2.09. The van der Waals surface area contributed by atoms with Crippen molar-refractivity contribution in [3.05, 3.63) is 34.9 Å². The molecule has 1 aliphatic rings. The van der Waals surface area contributed by atoms with Gasteiger partial charge in [0.15, 0.2) is 0 Å². The first-order valence-corrected chi connectivity index (χ1v) is 9.45. The molecule has 1 N–H and O–H groups in total. The maximum absolute atomic E-state index is 12.4. The van der Waals surface area contributed by atoms with Gasteiger partial charge in [-0.2, -0.15) is 0 Å². The van der Waals surface area contributed by atoms with Crippen molar-refractivity contribution >= 4 is 23.5 Å². The van der Waals surface area contributed by atoms with Crippen LogP contribution in [-0.2, 0) is 14.3 Å². The predicted molar refractivity (Wildman–Crippen MR) is 102 cm³/mol. The first-order valence-electron chi connectivity index (χ1n) is 9.07. The third-order valence-electron chi connectivity index (χ3n) is 4.81. The van der Waals surface area contributed by atoms with Gasteiger partial charge < -0.3 is 10.1 Å². The number of hydrogen-bond donors (Lipinski definition) is 1. The van der Waals surface area contributed by atoms with Gasteiger partial charge in [-0.05, 0) is 25.0 Å². The summed E-state index contributed by atoms with van der Waals surface area (Å²) >= 11 is 6.31. The molecule has 0 spiro atoms. The average Bonchev–Trinajstić information content (AvgIpc) is 2.67. The Morgan fingerprint density at radius 1 is 1.19 bits per heavy atom. The maximum Gasteiger partial charge on any atom is 0.327 e. The molecule has 0 bridgehead atoms. The molecule has 144 valence electrons. The highest BCUT2D eigenvalue weighted by molar-refractivity contribution is 6.31. The van der Waals surface area contributed by atoms with Crippen molar-refractivity contribution in [1.82, 2.24) is 15.1 Å². The van der Waals surface area contributed by atoms with Gasteiger partial charge in [-0.1, -0.05) is 36.7 Å². The molecule has 1 aromatic carbocycles. The third kappa shape index (κ3) is 4.96. The molecule has 1 aromatic rings. The number of carbonyl (C=O) groups excluding carboxylic acids is 2. The Labute approximate surface area is 160 Å². The average molecular weight is 382 g/mol. The van der Waals surface area contributed by atoms with Gasteiger partial charge in [-0.15, -0.1) is 0 Å². The van der Waals surface area contributed by atoms with Crippen molar-refractivity contribution in [3.63, 3.8) is 0 Å². The largest absolute Gasteiger partial charge is 0.468 e. The molecule has 0 saturated carbocycles. The Kier molecular flexibility index (Phi) is 7.87. The van der Waals surface area contributed by atoms with Crippen molar-refractivity contribution in [3.8, 4) is 0 Å². The lowest BCUT2D eigenvalue weighted by atomic mass is 10.0. The Morgan fingerprint density at radius 3 is 2.38 bits per heavy atom. The molecule has 6 nitrogen and oxygen atoms in total. The van der Waals surface area contributed by atoms with Crippen LogP contribution in [0.25, 0.3) is 0 Å². The summed E-state index contributed by atoms with van der Waals surface area (Å²) in [5.41, 5.74) is 0.753. The molecule has 7 heteroatoms. The van der Waals surface area contributed by atoms with E-state index in [2.05, 4.69) is 15.1 Å². The van der Waals surface area contributed by atoms with Gasteiger partial charge in [-0.25, -0.2) is 4.79 Å². The molecule has 1 aliphatic heterocycles. The van der Waals surface area contributed by atoms with Crippen LogP contribution < -0.4 is 5.32 Å². The fourth-order valence-corrected chi connectivity index (χ4v) is 3.46. The van der Waals surface area contributed by atoms with E-state index in [4.69, 9.17) is 16.3 Å². The highest BCUT2D eigenvalue weighted by atomic mass is 35.5. The van der Waals surface area contributed by atoms with E-state index in [0.717, 1.165) is 12.0 Å². The summed E-state index contributed by atoms with van der Waals surface area (Å²) in [6.45, 7) is 7.39. The number of hydrogen-bond acceptors (Lipinski definition) is 5. The van der Waals surface area contributed by atoms with Crippen LogP contribution in [0.2, 0.25) is 5.02 Å². The van der Waals surface area contributed by atoms with Crippen molar-refractivity contribution in [2.45, 2.75) is 32.4 Å². The summed E-state index contributed by atoms with van der Waals surface area (Å²) in [6, 6.07) is 6.64. The van der Waals surface area contributed by atoms with Crippen LogP contribution in [0.1, 0.15) is 31.9 Å². The van der Waals surface area contributed by atoms with Gasteiger partial charge >= 0.3 is 5.97 Å². The molecule has 2 unspecified atom stereocenters. The number of nitrogens with one attached hydrogen (secondary N) is 1. The minimum Gasteiger partial charge on any atom is -0.468 e. The smallest absolute Gasteiger partial charge is 0.327 e. The second-order valence-corrected chi connectivity index (χ2v) is 6.89. The molecule has 2 rings (SSSR count). The highest BCUT2D eigenvalue weighted by Crippen LogP contribution is 2.29. The molecular formula is C19H28ClN3O3. The number of amides is 1. The summed E-state index contributed by atoms with van der Waals surface area (Å²) in [7, 11) is 1.39. The summed E-state index contributed by atoms with van der Waals surface area (Å²) in [5.74, 6) is -0.267. The van der Waals surface area contributed by atoms with Crippen LogP contribution in [0.15, 0.2) is 24.3 Å². The number of rotatable bonds is 7. The van der Waals surface area contributed by atoms with E-state index in [1.165, 1.54) is 7.11 Å². The molecule has 26 heavy (non-hydrogen) atoms. The van der Waals surface area contributed by atoms with E-state index in [1.807, 2.05) is 32.0 Å². The Hall–Kier alpha value is -1.63. The molecule has 1 heterocycles.